The lowest BCUT2D eigenvalue weighted by molar-refractivity contribution is -0.144. The molecule has 0 saturated carbocycles. The Morgan fingerprint density at radius 3 is 2.36 bits per heavy atom. The third-order valence-corrected chi connectivity index (χ3v) is 6.02. The zero-order chi connectivity index (χ0) is 27.6. The Kier molecular flexibility index (Phi) is 9.29. The smallest absolute Gasteiger partial charge is 0.410 e. The summed E-state index contributed by atoms with van der Waals surface area (Å²) in [4.78, 5) is 43.5. The number of benzene rings is 3. The summed E-state index contributed by atoms with van der Waals surface area (Å²) in [5.41, 5.74) is 2.21. The largest absolute Gasteiger partial charge is 0.492 e. The van der Waals surface area contributed by atoms with Crippen LogP contribution in [0.5, 0.6) is 5.75 Å². The van der Waals surface area contributed by atoms with Gasteiger partial charge in [-0.25, -0.2) is 9.78 Å². The van der Waals surface area contributed by atoms with Crippen molar-refractivity contribution in [2.24, 2.45) is 0 Å². The van der Waals surface area contributed by atoms with E-state index in [4.69, 9.17) is 14.2 Å². The van der Waals surface area contributed by atoms with Crippen molar-refractivity contribution in [2.45, 2.75) is 33.5 Å². The first-order valence-electron chi connectivity index (χ1n) is 12.7. The molecule has 0 bridgehead atoms. The van der Waals surface area contributed by atoms with Gasteiger partial charge in [-0.15, -0.1) is 0 Å². The minimum Gasteiger partial charge on any atom is -0.492 e. The lowest BCUT2D eigenvalue weighted by Gasteiger charge is -2.21. The number of nitrogens with zero attached hydrogens (tertiary/aromatic N) is 3. The third-order valence-electron chi connectivity index (χ3n) is 6.02. The standard InChI is InChI=1S/C30H31N3O6/c1-3-37-28(34)20-32(30(36)39-21-24-9-5-4-6-10-24)19-23-13-15-25(16-14-23)38-18-17-33-22(2)31-27-12-8-7-11-26(27)29(33)35/h4-16H,3,17-21H2,1-2H3. The van der Waals surface area contributed by atoms with Crippen LogP contribution in [-0.4, -0.2) is 46.3 Å². The van der Waals surface area contributed by atoms with Crippen LogP contribution in [0.2, 0.25) is 0 Å². The van der Waals surface area contributed by atoms with E-state index in [2.05, 4.69) is 4.98 Å². The Morgan fingerprint density at radius 2 is 1.62 bits per heavy atom. The normalized spacial score (nSPS) is 10.7. The van der Waals surface area contributed by atoms with Gasteiger partial charge in [0.15, 0.2) is 0 Å². The van der Waals surface area contributed by atoms with Crippen molar-refractivity contribution in [3.8, 4) is 5.75 Å². The Labute approximate surface area is 226 Å². The van der Waals surface area contributed by atoms with Crippen molar-refractivity contribution in [3.63, 3.8) is 0 Å². The average molecular weight is 530 g/mol. The highest BCUT2D eigenvalue weighted by atomic mass is 16.6. The van der Waals surface area contributed by atoms with E-state index in [0.29, 0.717) is 29.0 Å². The molecule has 202 valence electrons. The fourth-order valence-electron chi connectivity index (χ4n) is 4.07. The summed E-state index contributed by atoms with van der Waals surface area (Å²) in [6.45, 7) is 4.39. The molecule has 0 aliphatic carbocycles. The molecule has 0 radical (unpaired) electrons. The topological polar surface area (TPSA) is 100.0 Å². The van der Waals surface area contributed by atoms with Gasteiger partial charge in [0.1, 0.15) is 31.3 Å². The molecule has 0 unspecified atom stereocenters. The van der Waals surface area contributed by atoms with Gasteiger partial charge in [0, 0.05) is 6.54 Å². The number of carbonyl (C=O) groups is 2. The van der Waals surface area contributed by atoms with Crippen LogP contribution in [-0.2, 0) is 34.0 Å². The highest BCUT2D eigenvalue weighted by molar-refractivity contribution is 5.78. The number of carbonyl (C=O) groups excluding carboxylic acids is 2. The first-order valence-corrected chi connectivity index (χ1v) is 12.7. The van der Waals surface area contributed by atoms with Crippen molar-refractivity contribution in [3.05, 3.63) is 106 Å². The maximum absolute atomic E-state index is 12.8. The van der Waals surface area contributed by atoms with Gasteiger partial charge < -0.3 is 14.2 Å². The maximum Gasteiger partial charge on any atom is 0.410 e. The molecule has 0 atom stereocenters. The summed E-state index contributed by atoms with van der Waals surface area (Å²) in [7, 11) is 0. The summed E-state index contributed by atoms with van der Waals surface area (Å²) >= 11 is 0. The molecule has 3 aromatic carbocycles. The second kappa shape index (κ2) is 13.2. The van der Waals surface area contributed by atoms with E-state index in [1.807, 2.05) is 60.7 Å². The first kappa shape index (κ1) is 27.4. The Morgan fingerprint density at radius 1 is 0.897 bits per heavy atom. The lowest BCUT2D eigenvalue weighted by Crippen LogP contribution is -2.36. The number of esters is 1. The van der Waals surface area contributed by atoms with Gasteiger partial charge in [-0.3, -0.25) is 19.1 Å². The van der Waals surface area contributed by atoms with Crippen LogP contribution in [0.4, 0.5) is 4.79 Å². The van der Waals surface area contributed by atoms with E-state index in [9.17, 15) is 14.4 Å². The fraction of sp³-hybridized carbons (Fsp3) is 0.267. The quantitative estimate of drug-likeness (QED) is 0.264. The molecule has 1 heterocycles. The van der Waals surface area contributed by atoms with Crippen LogP contribution in [0, 0.1) is 6.92 Å². The number of hydrogen-bond acceptors (Lipinski definition) is 7. The monoisotopic (exact) mass is 529 g/mol. The number of para-hydroxylation sites is 1. The summed E-state index contributed by atoms with van der Waals surface area (Å²) in [5.74, 6) is 0.725. The number of hydrogen-bond donors (Lipinski definition) is 0. The minimum atomic E-state index is -0.614. The molecular formula is C30H31N3O6. The van der Waals surface area contributed by atoms with Gasteiger partial charge in [0.05, 0.1) is 24.1 Å². The zero-order valence-electron chi connectivity index (χ0n) is 22.0. The molecule has 1 aromatic heterocycles. The minimum absolute atomic E-state index is 0.0983. The van der Waals surface area contributed by atoms with Crippen molar-refractivity contribution >= 4 is 23.0 Å². The first-order chi connectivity index (χ1) is 18.9. The molecule has 9 heteroatoms. The second-order valence-corrected chi connectivity index (χ2v) is 8.83. The predicted octanol–water partition coefficient (Wildman–Crippen LogP) is 4.49. The van der Waals surface area contributed by atoms with Crippen molar-refractivity contribution in [1.29, 1.82) is 0 Å². The molecule has 0 aliphatic rings. The van der Waals surface area contributed by atoms with Gasteiger partial charge in [-0.1, -0.05) is 54.6 Å². The molecular weight excluding hydrogens is 498 g/mol. The van der Waals surface area contributed by atoms with Gasteiger partial charge in [-0.2, -0.15) is 0 Å². The molecule has 0 saturated heterocycles. The molecule has 9 nitrogen and oxygen atoms in total. The zero-order valence-corrected chi connectivity index (χ0v) is 22.0. The summed E-state index contributed by atoms with van der Waals surface area (Å²) in [6, 6.07) is 23.8. The highest BCUT2D eigenvalue weighted by Gasteiger charge is 2.20. The maximum atomic E-state index is 12.8. The van der Waals surface area contributed by atoms with Crippen LogP contribution in [0.15, 0.2) is 83.7 Å². The molecule has 4 aromatic rings. The van der Waals surface area contributed by atoms with Gasteiger partial charge in [0.25, 0.3) is 5.56 Å². The van der Waals surface area contributed by atoms with Gasteiger partial charge in [0.2, 0.25) is 0 Å². The summed E-state index contributed by atoms with van der Waals surface area (Å²) in [6.07, 6.45) is -0.614. The van der Waals surface area contributed by atoms with E-state index in [1.54, 1.807) is 36.6 Å². The molecule has 0 N–H and O–H groups in total. The number of aromatic nitrogens is 2. The summed E-state index contributed by atoms with van der Waals surface area (Å²) in [5, 5.41) is 0.571. The van der Waals surface area contributed by atoms with E-state index in [1.165, 1.54) is 4.90 Å². The fourth-order valence-corrected chi connectivity index (χ4v) is 4.07. The van der Waals surface area contributed by atoms with Crippen LogP contribution < -0.4 is 10.3 Å². The molecule has 0 spiro atoms. The van der Waals surface area contributed by atoms with Crippen molar-refractivity contribution in [1.82, 2.24) is 14.5 Å². The number of aryl methyl sites for hydroxylation is 1. The van der Waals surface area contributed by atoms with Crippen LogP contribution >= 0.6 is 0 Å². The predicted molar refractivity (Wildman–Crippen MR) is 146 cm³/mol. The van der Waals surface area contributed by atoms with E-state index < -0.39 is 12.1 Å². The number of fused-ring (bicyclic) bond motifs is 1. The van der Waals surface area contributed by atoms with E-state index in [0.717, 1.165) is 11.1 Å². The highest BCUT2D eigenvalue weighted by Crippen LogP contribution is 2.15. The Hall–Kier alpha value is -4.66. The summed E-state index contributed by atoms with van der Waals surface area (Å²) < 4.78 is 17.9. The van der Waals surface area contributed by atoms with Crippen LogP contribution in [0.1, 0.15) is 23.9 Å². The molecule has 0 aliphatic heterocycles. The van der Waals surface area contributed by atoms with Crippen molar-refractivity contribution < 1.29 is 23.8 Å². The molecule has 0 fully saturated rings. The van der Waals surface area contributed by atoms with E-state index in [-0.39, 0.29) is 38.5 Å². The van der Waals surface area contributed by atoms with Crippen LogP contribution in [0.25, 0.3) is 10.9 Å². The third kappa shape index (κ3) is 7.44. The van der Waals surface area contributed by atoms with Gasteiger partial charge >= 0.3 is 12.1 Å². The average Bonchev–Trinajstić information content (AvgIpc) is 2.94. The Balaban J connectivity index is 1.36. The van der Waals surface area contributed by atoms with Gasteiger partial charge in [-0.05, 0) is 49.2 Å². The molecule has 4 rings (SSSR count). The second-order valence-electron chi connectivity index (χ2n) is 8.83. The van der Waals surface area contributed by atoms with Crippen LogP contribution in [0.3, 0.4) is 0 Å². The SMILES string of the molecule is CCOC(=O)CN(Cc1ccc(OCCn2c(C)nc3ccccc3c2=O)cc1)C(=O)OCc1ccccc1. The Bertz CT molecular complexity index is 1470. The van der Waals surface area contributed by atoms with Crippen molar-refractivity contribution in [2.75, 3.05) is 19.8 Å². The molecule has 39 heavy (non-hydrogen) atoms. The number of rotatable bonds is 11. The number of ether oxygens (including phenoxy) is 3. The lowest BCUT2D eigenvalue weighted by atomic mass is 10.2. The molecule has 1 amide bonds. The van der Waals surface area contributed by atoms with E-state index >= 15 is 0 Å². The number of amides is 1.